The molecule has 0 radical (unpaired) electrons. The molecule has 0 spiro atoms. The highest BCUT2D eigenvalue weighted by Gasteiger charge is 2.15. The molecule has 0 aliphatic rings. The first-order valence-electron chi connectivity index (χ1n) is 5.28. The third-order valence-corrected chi connectivity index (χ3v) is 2.61. The molecule has 0 aliphatic carbocycles. The molecule has 0 aliphatic heterocycles. The lowest BCUT2D eigenvalue weighted by molar-refractivity contribution is 0.393. The van der Waals surface area contributed by atoms with Crippen molar-refractivity contribution in [3.8, 4) is 5.88 Å². The SMILES string of the molecule is CCNC(C)C(C)c1cc(OC)ncn1. The van der Waals surface area contributed by atoms with Crippen molar-refractivity contribution in [1.29, 1.82) is 0 Å². The Morgan fingerprint density at radius 3 is 2.73 bits per heavy atom. The Bertz CT molecular complexity index is 304. The highest BCUT2D eigenvalue weighted by atomic mass is 16.5. The van der Waals surface area contributed by atoms with Crippen LogP contribution in [0.3, 0.4) is 0 Å². The van der Waals surface area contributed by atoms with Crippen LogP contribution < -0.4 is 10.1 Å². The molecule has 0 amide bonds. The fourth-order valence-corrected chi connectivity index (χ4v) is 1.47. The zero-order chi connectivity index (χ0) is 11.3. The zero-order valence-corrected chi connectivity index (χ0v) is 9.82. The van der Waals surface area contributed by atoms with E-state index in [1.54, 1.807) is 13.4 Å². The second-order valence-corrected chi connectivity index (χ2v) is 3.62. The minimum absolute atomic E-state index is 0.349. The van der Waals surface area contributed by atoms with E-state index in [0.717, 1.165) is 12.2 Å². The van der Waals surface area contributed by atoms with Crippen LogP contribution in [0, 0.1) is 0 Å². The Morgan fingerprint density at radius 2 is 2.13 bits per heavy atom. The van der Waals surface area contributed by atoms with Crippen molar-refractivity contribution < 1.29 is 4.74 Å². The number of hydrogen-bond donors (Lipinski definition) is 1. The lowest BCUT2D eigenvalue weighted by Crippen LogP contribution is -2.31. The van der Waals surface area contributed by atoms with Crippen molar-refractivity contribution >= 4 is 0 Å². The average Bonchev–Trinajstić information content (AvgIpc) is 2.28. The third kappa shape index (κ3) is 3.16. The van der Waals surface area contributed by atoms with Gasteiger partial charge in [0.25, 0.3) is 0 Å². The first kappa shape index (κ1) is 11.9. The summed E-state index contributed by atoms with van der Waals surface area (Å²) in [6.07, 6.45) is 1.54. The second-order valence-electron chi connectivity index (χ2n) is 3.62. The van der Waals surface area contributed by atoms with Gasteiger partial charge in [0.05, 0.1) is 12.8 Å². The summed E-state index contributed by atoms with van der Waals surface area (Å²) in [5, 5.41) is 3.38. The first-order chi connectivity index (χ1) is 7.19. The molecule has 2 atom stereocenters. The summed E-state index contributed by atoms with van der Waals surface area (Å²) in [6.45, 7) is 7.37. The quantitative estimate of drug-likeness (QED) is 0.800. The molecule has 1 rings (SSSR count). The number of likely N-dealkylation sites (N-methyl/N-ethyl adjacent to an activating group) is 1. The van der Waals surface area contributed by atoms with E-state index in [4.69, 9.17) is 4.74 Å². The van der Waals surface area contributed by atoms with Gasteiger partial charge in [-0.25, -0.2) is 9.97 Å². The van der Waals surface area contributed by atoms with Gasteiger partial charge in [-0.15, -0.1) is 0 Å². The molecule has 0 aromatic carbocycles. The number of hydrogen-bond acceptors (Lipinski definition) is 4. The van der Waals surface area contributed by atoms with Crippen LogP contribution in [0.5, 0.6) is 5.88 Å². The summed E-state index contributed by atoms with van der Waals surface area (Å²) in [5.74, 6) is 0.970. The van der Waals surface area contributed by atoms with Crippen LogP contribution in [0.4, 0.5) is 0 Å². The molecule has 1 heterocycles. The van der Waals surface area contributed by atoms with Crippen LogP contribution in [-0.4, -0.2) is 29.7 Å². The Labute approximate surface area is 91.1 Å². The standard InChI is InChI=1S/C11H19N3O/c1-5-12-9(3)8(2)10-6-11(15-4)14-7-13-10/h6-9,12H,5H2,1-4H3. The molecule has 1 N–H and O–H groups in total. The van der Waals surface area contributed by atoms with E-state index >= 15 is 0 Å². The minimum Gasteiger partial charge on any atom is -0.481 e. The van der Waals surface area contributed by atoms with Crippen molar-refractivity contribution in [1.82, 2.24) is 15.3 Å². The molecule has 4 nitrogen and oxygen atoms in total. The lowest BCUT2D eigenvalue weighted by atomic mass is 9.99. The molecule has 4 heteroatoms. The summed E-state index contributed by atoms with van der Waals surface area (Å²) < 4.78 is 5.07. The molecule has 84 valence electrons. The number of ether oxygens (including phenoxy) is 1. The fourth-order valence-electron chi connectivity index (χ4n) is 1.47. The van der Waals surface area contributed by atoms with E-state index in [0.29, 0.717) is 17.8 Å². The van der Waals surface area contributed by atoms with Gasteiger partial charge in [-0.05, 0) is 13.5 Å². The van der Waals surface area contributed by atoms with Gasteiger partial charge in [0.15, 0.2) is 0 Å². The van der Waals surface area contributed by atoms with E-state index in [9.17, 15) is 0 Å². The predicted octanol–water partition coefficient (Wildman–Crippen LogP) is 1.59. The van der Waals surface area contributed by atoms with Crippen molar-refractivity contribution in [2.45, 2.75) is 32.7 Å². The summed E-state index contributed by atoms with van der Waals surface area (Å²) >= 11 is 0. The number of nitrogens with one attached hydrogen (secondary N) is 1. The van der Waals surface area contributed by atoms with E-state index in [2.05, 4.69) is 36.1 Å². The van der Waals surface area contributed by atoms with Crippen LogP contribution in [-0.2, 0) is 0 Å². The van der Waals surface area contributed by atoms with Crippen LogP contribution >= 0.6 is 0 Å². The van der Waals surface area contributed by atoms with Crippen molar-refractivity contribution in [2.75, 3.05) is 13.7 Å². The molecule has 15 heavy (non-hydrogen) atoms. The van der Waals surface area contributed by atoms with E-state index in [1.807, 2.05) is 6.07 Å². The monoisotopic (exact) mass is 209 g/mol. The molecule has 0 saturated carbocycles. The number of rotatable bonds is 5. The Balaban J connectivity index is 2.76. The Kier molecular flexibility index (Phi) is 4.49. The maximum Gasteiger partial charge on any atom is 0.216 e. The molecular weight excluding hydrogens is 190 g/mol. The number of nitrogens with zero attached hydrogens (tertiary/aromatic N) is 2. The second kappa shape index (κ2) is 5.66. The van der Waals surface area contributed by atoms with E-state index in [-0.39, 0.29) is 0 Å². The van der Waals surface area contributed by atoms with E-state index < -0.39 is 0 Å². The zero-order valence-electron chi connectivity index (χ0n) is 9.82. The van der Waals surface area contributed by atoms with Gasteiger partial charge in [0.1, 0.15) is 6.33 Å². The average molecular weight is 209 g/mol. The summed E-state index contributed by atoms with van der Waals surface area (Å²) in [6, 6.07) is 2.29. The van der Waals surface area contributed by atoms with Gasteiger partial charge in [-0.2, -0.15) is 0 Å². The normalized spacial score (nSPS) is 14.7. The molecule has 0 saturated heterocycles. The summed E-state index contributed by atoms with van der Waals surface area (Å²) in [4.78, 5) is 8.25. The molecule has 2 unspecified atom stereocenters. The van der Waals surface area contributed by atoms with Crippen molar-refractivity contribution in [3.05, 3.63) is 18.1 Å². The van der Waals surface area contributed by atoms with Gasteiger partial charge >= 0.3 is 0 Å². The van der Waals surface area contributed by atoms with Crippen LogP contribution in [0.15, 0.2) is 12.4 Å². The van der Waals surface area contributed by atoms with Gasteiger partial charge in [0.2, 0.25) is 5.88 Å². The molecule has 0 fully saturated rings. The summed E-state index contributed by atoms with van der Waals surface area (Å²) in [7, 11) is 1.62. The highest BCUT2D eigenvalue weighted by molar-refractivity contribution is 5.17. The van der Waals surface area contributed by atoms with Gasteiger partial charge in [-0.3, -0.25) is 0 Å². The van der Waals surface area contributed by atoms with Crippen molar-refractivity contribution in [3.63, 3.8) is 0 Å². The third-order valence-electron chi connectivity index (χ3n) is 2.61. The smallest absolute Gasteiger partial charge is 0.216 e. The van der Waals surface area contributed by atoms with E-state index in [1.165, 1.54) is 0 Å². The van der Waals surface area contributed by atoms with Gasteiger partial charge in [0, 0.05) is 18.0 Å². The minimum atomic E-state index is 0.349. The topological polar surface area (TPSA) is 47.0 Å². The maximum absolute atomic E-state index is 5.07. The molecular formula is C11H19N3O. The fraction of sp³-hybridized carbons (Fsp3) is 0.636. The maximum atomic E-state index is 5.07. The Hall–Kier alpha value is -1.16. The molecule has 0 bridgehead atoms. The molecule has 1 aromatic heterocycles. The van der Waals surface area contributed by atoms with Gasteiger partial charge < -0.3 is 10.1 Å². The van der Waals surface area contributed by atoms with Crippen LogP contribution in [0.1, 0.15) is 32.4 Å². The Morgan fingerprint density at radius 1 is 1.40 bits per heavy atom. The molecule has 1 aromatic rings. The first-order valence-corrected chi connectivity index (χ1v) is 5.28. The van der Waals surface area contributed by atoms with Crippen LogP contribution in [0.25, 0.3) is 0 Å². The summed E-state index contributed by atoms with van der Waals surface area (Å²) in [5.41, 5.74) is 1.01. The van der Waals surface area contributed by atoms with Crippen molar-refractivity contribution in [2.24, 2.45) is 0 Å². The number of methoxy groups -OCH3 is 1. The highest BCUT2D eigenvalue weighted by Crippen LogP contribution is 2.19. The lowest BCUT2D eigenvalue weighted by Gasteiger charge is -2.20. The largest absolute Gasteiger partial charge is 0.481 e. The predicted molar refractivity (Wildman–Crippen MR) is 60.1 cm³/mol. The van der Waals surface area contributed by atoms with Gasteiger partial charge in [-0.1, -0.05) is 13.8 Å². The number of aromatic nitrogens is 2. The van der Waals surface area contributed by atoms with Crippen LogP contribution in [0.2, 0.25) is 0 Å².